The topological polar surface area (TPSA) is 43.4 Å². The largest absolute Gasteiger partial charge is 0.427 e. The Morgan fingerprint density at radius 2 is 2.12 bits per heavy atom. The number of hydrogen-bond acceptors (Lipinski definition) is 3. The molecule has 5 atom stereocenters. The molecule has 3 nitrogen and oxygen atoms in total. The molecular weight excluding hydrogens is 368 g/mol. The number of Topliss-reactive ketones (excluding diaryl/α,β-unsaturated/α-hetero) is 1. The van der Waals surface area contributed by atoms with Gasteiger partial charge in [-0.15, -0.1) is 0 Å². The average molecular weight is 391 g/mol. The number of ketones is 1. The van der Waals surface area contributed by atoms with E-state index in [1.54, 1.807) is 0 Å². The van der Waals surface area contributed by atoms with Crippen molar-refractivity contribution in [3.8, 4) is 5.75 Å². The zero-order valence-electron chi connectivity index (χ0n) is 14.2. The van der Waals surface area contributed by atoms with E-state index in [4.69, 9.17) is 4.74 Å². The highest BCUT2D eigenvalue weighted by atomic mass is 79.9. The lowest BCUT2D eigenvalue weighted by molar-refractivity contribution is -0.132. The molecule has 3 aliphatic rings. The van der Waals surface area contributed by atoms with E-state index in [9.17, 15) is 9.59 Å². The standard InChI is InChI=1S/C20H23BrO3/c1-11(22)24-13-4-6-14-12(9-13)3-5-16-15(14)7-8-20(2)17(16)10-18(21)19(20)23/h4,6,9,15-18H,3,5,7-8,10H2,1-2H3/t15-,16-,17+,18+,20-/m0/s1. The summed E-state index contributed by atoms with van der Waals surface area (Å²) in [6, 6.07) is 6.10. The van der Waals surface area contributed by atoms with Gasteiger partial charge in [0.15, 0.2) is 5.78 Å². The summed E-state index contributed by atoms with van der Waals surface area (Å²) in [6.07, 6.45) is 5.21. The lowest BCUT2D eigenvalue weighted by Crippen LogP contribution is -2.42. The highest BCUT2D eigenvalue weighted by Crippen LogP contribution is 2.60. The number of alkyl halides is 1. The molecule has 3 aliphatic carbocycles. The molecule has 0 amide bonds. The van der Waals surface area contributed by atoms with Gasteiger partial charge >= 0.3 is 5.97 Å². The van der Waals surface area contributed by atoms with Gasteiger partial charge < -0.3 is 4.74 Å². The van der Waals surface area contributed by atoms with Crippen molar-refractivity contribution in [2.75, 3.05) is 0 Å². The second kappa shape index (κ2) is 5.69. The van der Waals surface area contributed by atoms with Crippen LogP contribution in [0.4, 0.5) is 0 Å². The van der Waals surface area contributed by atoms with Gasteiger partial charge in [-0.3, -0.25) is 9.59 Å². The number of halogens is 1. The van der Waals surface area contributed by atoms with Crippen molar-refractivity contribution in [3.05, 3.63) is 29.3 Å². The number of hydrogen-bond donors (Lipinski definition) is 0. The molecule has 0 radical (unpaired) electrons. The molecular formula is C20H23BrO3. The fourth-order valence-electron chi connectivity index (χ4n) is 5.54. The number of carbonyl (C=O) groups excluding carboxylic acids is 2. The van der Waals surface area contributed by atoms with Crippen molar-refractivity contribution in [2.24, 2.45) is 17.3 Å². The molecule has 0 N–H and O–H groups in total. The molecule has 0 saturated heterocycles. The summed E-state index contributed by atoms with van der Waals surface area (Å²) < 4.78 is 5.24. The molecule has 1 aromatic rings. The minimum Gasteiger partial charge on any atom is -0.427 e. The summed E-state index contributed by atoms with van der Waals surface area (Å²) in [5.41, 5.74) is 2.60. The van der Waals surface area contributed by atoms with Gasteiger partial charge in [0.1, 0.15) is 5.75 Å². The molecule has 0 heterocycles. The van der Waals surface area contributed by atoms with E-state index in [2.05, 4.69) is 28.9 Å². The molecule has 0 aliphatic heterocycles. The first-order valence-electron chi connectivity index (χ1n) is 8.90. The zero-order chi connectivity index (χ0) is 17.1. The Labute approximate surface area is 151 Å². The third kappa shape index (κ3) is 2.37. The Hall–Kier alpha value is -1.16. The van der Waals surface area contributed by atoms with Crippen LogP contribution in [0.1, 0.15) is 56.6 Å². The van der Waals surface area contributed by atoms with E-state index in [-0.39, 0.29) is 16.2 Å². The quantitative estimate of drug-likeness (QED) is 0.405. The van der Waals surface area contributed by atoms with Gasteiger partial charge in [0.2, 0.25) is 0 Å². The first-order valence-corrected chi connectivity index (χ1v) is 9.81. The molecule has 4 rings (SSSR count). The number of benzene rings is 1. The molecule has 0 unspecified atom stereocenters. The van der Waals surface area contributed by atoms with Crippen molar-refractivity contribution < 1.29 is 14.3 Å². The second-order valence-corrected chi connectivity index (χ2v) is 9.00. The molecule has 2 fully saturated rings. The summed E-state index contributed by atoms with van der Waals surface area (Å²) in [5, 5.41) is 0. The molecule has 4 heteroatoms. The van der Waals surface area contributed by atoms with Crippen LogP contribution in [0.5, 0.6) is 5.75 Å². The van der Waals surface area contributed by atoms with Crippen molar-refractivity contribution in [3.63, 3.8) is 0 Å². The minimum absolute atomic E-state index is 0.0407. The molecule has 0 spiro atoms. The van der Waals surface area contributed by atoms with Gasteiger partial charge in [-0.05, 0) is 73.1 Å². The minimum atomic E-state index is -0.273. The molecule has 0 aromatic heterocycles. The monoisotopic (exact) mass is 390 g/mol. The van der Waals surface area contributed by atoms with Gasteiger partial charge in [0, 0.05) is 12.3 Å². The van der Waals surface area contributed by atoms with Gasteiger partial charge in [-0.1, -0.05) is 28.9 Å². The summed E-state index contributed by atoms with van der Waals surface area (Å²) >= 11 is 3.61. The third-order valence-electron chi connectivity index (χ3n) is 6.66. The van der Waals surface area contributed by atoms with Crippen molar-refractivity contribution in [2.45, 2.75) is 56.7 Å². The number of ether oxygens (including phenoxy) is 1. The fraction of sp³-hybridized carbons (Fsp3) is 0.600. The zero-order valence-corrected chi connectivity index (χ0v) is 15.8. The molecule has 1 aromatic carbocycles. The predicted molar refractivity (Wildman–Crippen MR) is 95.5 cm³/mol. The van der Waals surface area contributed by atoms with Crippen LogP contribution < -0.4 is 4.74 Å². The van der Waals surface area contributed by atoms with E-state index < -0.39 is 0 Å². The van der Waals surface area contributed by atoms with Crippen LogP contribution in [0.2, 0.25) is 0 Å². The number of rotatable bonds is 1. The van der Waals surface area contributed by atoms with Crippen LogP contribution >= 0.6 is 15.9 Å². The van der Waals surface area contributed by atoms with E-state index in [1.165, 1.54) is 18.1 Å². The molecule has 128 valence electrons. The van der Waals surface area contributed by atoms with E-state index >= 15 is 0 Å². The number of esters is 1. The Morgan fingerprint density at radius 3 is 2.88 bits per heavy atom. The lowest BCUT2D eigenvalue weighted by Gasteiger charge is -2.48. The number of carbonyl (C=O) groups is 2. The maximum absolute atomic E-state index is 12.6. The SMILES string of the molecule is CC(=O)Oc1ccc2c(c1)CC[C@@H]1[C@H]3C[C@@H](Br)C(=O)[C@@]3(C)CC[C@@H]21. The first-order chi connectivity index (χ1) is 11.4. The summed E-state index contributed by atoms with van der Waals surface area (Å²) in [4.78, 5) is 23.8. The van der Waals surface area contributed by atoms with Gasteiger partial charge in [0.25, 0.3) is 0 Å². The van der Waals surface area contributed by atoms with Crippen molar-refractivity contribution >= 4 is 27.7 Å². The van der Waals surface area contributed by atoms with E-state index in [0.29, 0.717) is 29.3 Å². The second-order valence-electron chi connectivity index (χ2n) is 7.89. The number of aryl methyl sites for hydroxylation is 1. The van der Waals surface area contributed by atoms with E-state index in [0.717, 1.165) is 32.1 Å². The highest BCUT2D eigenvalue weighted by molar-refractivity contribution is 9.10. The van der Waals surface area contributed by atoms with Crippen molar-refractivity contribution in [1.82, 2.24) is 0 Å². The third-order valence-corrected chi connectivity index (χ3v) is 7.45. The lowest BCUT2D eigenvalue weighted by atomic mass is 9.55. The van der Waals surface area contributed by atoms with E-state index in [1.807, 2.05) is 12.1 Å². The van der Waals surface area contributed by atoms with Gasteiger partial charge in [-0.25, -0.2) is 0 Å². The Morgan fingerprint density at radius 1 is 1.33 bits per heavy atom. The summed E-state index contributed by atoms with van der Waals surface area (Å²) in [5.74, 6) is 2.43. The Bertz CT molecular complexity index is 713. The van der Waals surface area contributed by atoms with Crippen LogP contribution in [0, 0.1) is 17.3 Å². The summed E-state index contributed by atoms with van der Waals surface area (Å²) in [6.45, 7) is 3.63. The summed E-state index contributed by atoms with van der Waals surface area (Å²) in [7, 11) is 0. The average Bonchev–Trinajstić information content (AvgIpc) is 2.77. The van der Waals surface area contributed by atoms with Crippen LogP contribution in [0.3, 0.4) is 0 Å². The van der Waals surface area contributed by atoms with Crippen LogP contribution in [-0.2, 0) is 16.0 Å². The van der Waals surface area contributed by atoms with Crippen LogP contribution in [-0.4, -0.2) is 16.6 Å². The van der Waals surface area contributed by atoms with Gasteiger partial charge in [0.05, 0.1) is 4.83 Å². The van der Waals surface area contributed by atoms with Crippen LogP contribution in [0.25, 0.3) is 0 Å². The maximum Gasteiger partial charge on any atom is 0.308 e. The molecule has 24 heavy (non-hydrogen) atoms. The molecule has 2 saturated carbocycles. The number of fused-ring (bicyclic) bond motifs is 5. The molecule has 0 bridgehead atoms. The van der Waals surface area contributed by atoms with Crippen molar-refractivity contribution in [1.29, 1.82) is 0 Å². The Kier molecular flexibility index (Phi) is 3.87. The smallest absolute Gasteiger partial charge is 0.308 e. The van der Waals surface area contributed by atoms with Gasteiger partial charge in [-0.2, -0.15) is 0 Å². The first kappa shape index (κ1) is 16.3. The van der Waals surface area contributed by atoms with Crippen LogP contribution in [0.15, 0.2) is 18.2 Å². The highest BCUT2D eigenvalue weighted by Gasteiger charge is 2.57. The fourth-order valence-corrected chi connectivity index (χ4v) is 6.46. The maximum atomic E-state index is 12.6. The Balaban J connectivity index is 1.65. The predicted octanol–water partition coefficient (Wildman–Crippen LogP) is 4.41. The normalized spacial score (nSPS) is 37.4.